The zero-order valence-electron chi connectivity index (χ0n) is 9.92. The molecule has 7 nitrogen and oxygen atoms in total. The van der Waals surface area contributed by atoms with Crippen LogP contribution in [0.5, 0.6) is 0 Å². The largest absolute Gasteiger partial charge is 0.325 e. The highest BCUT2D eigenvalue weighted by atomic mass is 32.2. The van der Waals surface area contributed by atoms with Crippen LogP contribution >= 0.6 is 0 Å². The van der Waals surface area contributed by atoms with E-state index < -0.39 is 28.0 Å². The number of carbonyl (C=O) groups excluding carboxylic acids is 2. The number of urea groups is 1. The summed E-state index contributed by atoms with van der Waals surface area (Å²) in [6, 6.07) is 7.20. The Balaban J connectivity index is 1.91. The molecule has 0 spiro atoms. The minimum Gasteiger partial charge on any atom is -0.325 e. The van der Waals surface area contributed by atoms with Crippen molar-refractivity contribution in [1.82, 2.24) is 15.4 Å². The summed E-state index contributed by atoms with van der Waals surface area (Å²) in [5.41, 5.74) is 0.648. The first-order chi connectivity index (χ1) is 8.96. The van der Waals surface area contributed by atoms with Gasteiger partial charge in [-0.05, 0) is 5.56 Å². The van der Waals surface area contributed by atoms with Crippen molar-refractivity contribution in [3.8, 4) is 0 Å². The predicted molar refractivity (Wildman–Crippen MR) is 67.5 cm³/mol. The lowest BCUT2D eigenvalue weighted by Gasteiger charge is -2.09. The molecule has 1 fully saturated rings. The number of imide groups is 1. The molecule has 0 saturated carbocycles. The van der Waals surface area contributed by atoms with Crippen molar-refractivity contribution in [2.75, 3.05) is 6.54 Å². The van der Waals surface area contributed by atoms with Crippen molar-refractivity contribution < 1.29 is 18.0 Å². The van der Waals surface area contributed by atoms with Gasteiger partial charge in [0.15, 0.2) is 0 Å². The molecule has 1 saturated heterocycles. The zero-order valence-corrected chi connectivity index (χ0v) is 10.7. The van der Waals surface area contributed by atoms with E-state index in [0.717, 1.165) is 0 Å². The summed E-state index contributed by atoms with van der Waals surface area (Å²) in [5, 5.41) is 4.34. The van der Waals surface area contributed by atoms with Gasteiger partial charge in [0, 0.05) is 6.54 Å². The summed E-state index contributed by atoms with van der Waals surface area (Å²) in [7, 11) is -3.54. The molecule has 0 aromatic heterocycles. The van der Waals surface area contributed by atoms with Crippen LogP contribution in [-0.4, -0.2) is 32.9 Å². The zero-order chi connectivity index (χ0) is 13.9. The first-order valence-corrected chi connectivity index (χ1v) is 7.24. The van der Waals surface area contributed by atoms with Gasteiger partial charge in [0.05, 0.1) is 5.75 Å². The molecule has 1 aromatic rings. The fourth-order valence-corrected chi connectivity index (χ4v) is 2.81. The predicted octanol–water partition coefficient (Wildman–Crippen LogP) is -0.686. The third kappa shape index (κ3) is 3.76. The van der Waals surface area contributed by atoms with Gasteiger partial charge in [-0.3, -0.25) is 10.1 Å². The van der Waals surface area contributed by atoms with E-state index >= 15 is 0 Å². The van der Waals surface area contributed by atoms with Crippen molar-refractivity contribution in [2.45, 2.75) is 11.8 Å². The Morgan fingerprint density at radius 1 is 1.16 bits per heavy atom. The minimum atomic E-state index is -3.54. The highest BCUT2D eigenvalue weighted by molar-refractivity contribution is 7.88. The molecule has 0 radical (unpaired) electrons. The molecule has 3 amide bonds. The molecule has 8 heteroatoms. The van der Waals surface area contributed by atoms with Crippen LogP contribution in [0.25, 0.3) is 0 Å². The number of sulfonamides is 1. The maximum atomic E-state index is 11.8. The summed E-state index contributed by atoms with van der Waals surface area (Å²) in [6.45, 7) is -0.160. The van der Waals surface area contributed by atoms with Gasteiger partial charge in [-0.2, -0.15) is 0 Å². The molecule has 19 heavy (non-hydrogen) atoms. The maximum Gasteiger partial charge on any atom is 0.322 e. The van der Waals surface area contributed by atoms with E-state index in [1.165, 1.54) is 0 Å². The number of benzene rings is 1. The summed E-state index contributed by atoms with van der Waals surface area (Å²) < 4.78 is 25.9. The normalized spacial score (nSPS) is 19.1. The van der Waals surface area contributed by atoms with E-state index in [1.807, 2.05) is 5.32 Å². The Bertz CT molecular complexity index is 585. The van der Waals surface area contributed by atoms with Gasteiger partial charge in [0.25, 0.3) is 5.91 Å². The lowest BCUT2D eigenvalue weighted by atomic mass is 10.2. The molecule has 0 aliphatic carbocycles. The fraction of sp³-hybridized carbons (Fsp3) is 0.273. The quantitative estimate of drug-likeness (QED) is 0.622. The molecule has 1 heterocycles. The first kappa shape index (κ1) is 13.5. The number of amides is 3. The number of nitrogens with one attached hydrogen (secondary N) is 3. The molecule has 1 aliphatic heterocycles. The van der Waals surface area contributed by atoms with Crippen LogP contribution in [0.4, 0.5) is 4.79 Å². The Morgan fingerprint density at radius 2 is 1.84 bits per heavy atom. The fourth-order valence-electron chi connectivity index (χ4n) is 1.66. The molecule has 102 valence electrons. The molecular weight excluding hydrogens is 270 g/mol. The van der Waals surface area contributed by atoms with E-state index in [9.17, 15) is 18.0 Å². The van der Waals surface area contributed by atoms with Gasteiger partial charge in [0.1, 0.15) is 6.04 Å². The highest BCUT2D eigenvalue weighted by Crippen LogP contribution is 2.04. The lowest BCUT2D eigenvalue weighted by Crippen LogP contribution is -2.41. The van der Waals surface area contributed by atoms with Crippen LogP contribution in [-0.2, 0) is 20.6 Å². The van der Waals surface area contributed by atoms with E-state index in [0.29, 0.717) is 5.56 Å². The van der Waals surface area contributed by atoms with Gasteiger partial charge >= 0.3 is 6.03 Å². The summed E-state index contributed by atoms with van der Waals surface area (Å²) in [5.74, 6) is -0.705. The van der Waals surface area contributed by atoms with Crippen LogP contribution < -0.4 is 15.4 Å². The van der Waals surface area contributed by atoms with Crippen molar-refractivity contribution >= 4 is 22.0 Å². The van der Waals surface area contributed by atoms with Gasteiger partial charge in [0.2, 0.25) is 10.0 Å². The van der Waals surface area contributed by atoms with Crippen LogP contribution in [0.2, 0.25) is 0 Å². The number of hydrogen-bond acceptors (Lipinski definition) is 4. The average molecular weight is 283 g/mol. The third-order valence-electron chi connectivity index (χ3n) is 2.57. The Kier molecular flexibility index (Phi) is 3.82. The lowest BCUT2D eigenvalue weighted by molar-refractivity contribution is -0.120. The molecule has 1 aliphatic rings. The van der Waals surface area contributed by atoms with Crippen LogP contribution in [0, 0.1) is 0 Å². The van der Waals surface area contributed by atoms with E-state index in [-0.39, 0.29) is 12.3 Å². The summed E-state index contributed by atoms with van der Waals surface area (Å²) >= 11 is 0. The Morgan fingerprint density at radius 3 is 2.42 bits per heavy atom. The molecule has 1 aromatic carbocycles. The second kappa shape index (κ2) is 5.37. The Labute approximate surface area is 110 Å². The number of hydrogen-bond donors (Lipinski definition) is 3. The molecule has 3 N–H and O–H groups in total. The smallest absolute Gasteiger partial charge is 0.322 e. The number of rotatable bonds is 5. The number of carbonyl (C=O) groups is 2. The molecule has 1 atom stereocenters. The standard InChI is InChI=1S/C11H13N3O4S/c15-10-9(13-11(16)14-10)6-12-19(17,18)7-8-4-2-1-3-5-8/h1-5,9,12H,6-7H2,(H2,13,14,15,16). The van der Waals surface area contributed by atoms with Gasteiger partial charge in [-0.25, -0.2) is 17.9 Å². The summed E-state index contributed by atoms with van der Waals surface area (Å²) in [4.78, 5) is 22.1. The van der Waals surface area contributed by atoms with Crippen molar-refractivity contribution in [3.63, 3.8) is 0 Å². The van der Waals surface area contributed by atoms with Crippen LogP contribution in [0.3, 0.4) is 0 Å². The van der Waals surface area contributed by atoms with Gasteiger partial charge in [-0.15, -0.1) is 0 Å². The summed E-state index contributed by atoms with van der Waals surface area (Å²) in [6.07, 6.45) is 0. The second-order valence-electron chi connectivity index (χ2n) is 4.11. The first-order valence-electron chi connectivity index (χ1n) is 5.59. The Hall–Kier alpha value is -1.93. The van der Waals surface area contributed by atoms with E-state index in [1.54, 1.807) is 30.3 Å². The third-order valence-corrected chi connectivity index (χ3v) is 3.89. The van der Waals surface area contributed by atoms with Crippen molar-refractivity contribution in [1.29, 1.82) is 0 Å². The molecule has 0 bridgehead atoms. The van der Waals surface area contributed by atoms with Crippen LogP contribution in [0.15, 0.2) is 30.3 Å². The maximum absolute atomic E-state index is 11.8. The second-order valence-corrected chi connectivity index (χ2v) is 5.92. The van der Waals surface area contributed by atoms with Gasteiger partial charge < -0.3 is 5.32 Å². The van der Waals surface area contributed by atoms with Crippen molar-refractivity contribution in [2.24, 2.45) is 0 Å². The van der Waals surface area contributed by atoms with Gasteiger partial charge in [-0.1, -0.05) is 30.3 Å². The van der Waals surface area contributed by atoms with Crippen molar-refractivity contribution in [3.05, 3.63) is 35.9 Å². The van der Waals surface area contributed by atoms with E-state index in [4.69, 9.17) is 0 Å². The monoisotopic (exact) mass is 283 g/mol. The minimum absolute atomic E-state index is 0.160. The van der Waals surface area contributed by atoms with Crippen LogP contribution in [0.1, 0.15) is 5.56 Å². The SMILES string of the molecule is O=C1NC(=O)C(CNS(=O)(=O)Cc2ccccc2)N1. The average Bonchev–Trinajstić information content (AvgIpc) is 2.66. The highest BCUT2D eigenvalue weighted by Gasteiger charge is 2.30. The molecular formula is C11H13N3O4S. The molecule has 1 unspecified atom stereocenters. The van der Waals surface area contributed by atoms with E-state index in [2.05, 4.69) is 10.0 Å². The molecule has 2 rings (SSSR count). The topological polar surface area (TPSA) is 104 Å².